The molecule has 0 atom stereocenters. The molecule has 0 radical (unpaired) electrons. The highest BCUT2D eigenvalue weighted by molar-refractivity contribution is 7.99. The smallest absolute Gasteiger partial charge is 0.251 e. The number of fused-ring (bicyclic) bond motifs is 1. The number of nitrogens with zero attached hydrogens (tertiary/aromatic N) is 1. The Balaban J connectivity index is 1.57. The molecule has 124 valence electrons. The van der Waals surface area contributed by atoms with Gasteiger partial charge in [0.25, 0.3) is 5.91 Å². The molecule has 1 aliphatic heterocycles. The number of amides is 1. The number of benzene rings is 2. The van der Waals surface area contributed by atoms with Gasteiger partial charge in [0.2, 0.25) is 0 Å². The molecule has 0 spiro atoms. The van der Waals surface area contributed by atoms with Gasteiger partial charge in [0, 0.05) is 35.3 Å². The van der Waals surface area contributed by atoms with Crippen molar-refractivity contribution in [2.75, 3.05) is 17.2 Å². The fourth-order valence-corrected chi connectivity index (χ4v) is 3.92. The highest BCUT2D eigenvalue weighted by Crippen LogP contribution is 2.36. The number of hydrogen-bond acceptors (Lipinski definition) is 3. The van der Waals surface area contributed by atoms with E-state index >= 15 is 0 Å². The second-order valence-corrected chi connectivity index (χ2v) is 7.46. The second-order valence-electron chi connectivity index (χ2n) is 6.33. The van der Waals surface area contributed by atoms with Crippen LogP contribution < -0.4 is 10.2 Å². The molecular weight excluding hydrogens is 323 g/mol. The third-order valence-corrected chi connectivity index (χ3v) is 5.42. The first-order valence-corrected chi connectivity index (χ1v) is 9.25. The van der Waals surface area contributed by atoms with E-state index in [9.17, 15) is 9.18 Å². The van der Waals surface area contributed by atoms with Gasteiger partial charge in [-0.2, -0.15) is 0 Å². The molecule has 2 aromatic rings. The first-order valence-electron chi connectivity index (χ1n) is 8.26. The van der Waals surface area contributed by atoms with Crippen molar-refractivity contribution in [1.82, 2.24) is 5.32 Å². The number of nitrogens with one attached hydrogen (secondary N) is 1. The highest BCUT2D eigenvalue weighted by Gasteiger charge is 2.25. The van der Waals surface area contributed by atoms with Gasteiger partial charge in [0.05, 0.1) is 5.69 Å². The summed E-state index contributed by atoms with van der Waals surface area (Å²) in [5.41, 5.74) is 2.88. The number of anilines is 1. The Hall–Kier alpha value is -2.01. The minimum absolute atomic E-state index is 0.0117. The Morgan fingerprint density at radius 2 is 2.00 bits per heavy atom. The summed E-state index contributed by atoms with van der Waals surface area (Å²) in [6.45, 7) is 1.64. The van der Waals surface area contributed by atoms with Crippen LogP contribution in [0.1, 0.15) is 28.8 Å². The molecule has 5 heteroatoms. The summed E-state index contributed by atoms with van der Waals surface area (Å²) in [5, 5.41) is 3.04. The van der Waals surface area contributed by atoms with Gasteiger partial charge in [-0.3, -0.25) is 4.79 Å². The van der Waals surface area contributed by atoms with Crippen LogP contribution in [0.4, 0.5) is 10.1 Å². The van der Waals surface area contributed by atoms with Crippen LogP contribution in [0, 0.1) is 5.82 Å². The largest absolute Gasteiger partial charge is 0.365 e. The molecule has 0 unspecified atom stereocenters. The summed E-state index contributed by atoms with van der Waals surface area (Å²) in [5.74, 6) is 0.812. The lowest BCUT2D eigenvalue weighted by Gasteiger charge is -2.31. The van der Waals surface area contributed by atoms with E-state index in [-0.39, 0.29) is 11.7 Å². The van der Waals surface area contributed by atoms with E-state index in [0.717, 1.165) is 42.9 Å². The summed E-state index contributed by atoms with van der Waals surface area (Å²) in [6, 6.07) is 12.9. The van der Waals surface area contributed by atoms with Gasteiger partial charge in [0.1, 0.15) is 5.82 Å². The fourth-order valence-electron chi connectivity index (χ4n) is 2.88. The van der Waals surface area contributed by atoms with Crippen molar-refractivity contribution in [2.45, 2.75) is 30.3 Å². The van der Waals surface area contributed by atoms with Gasteiger partial charge in [-0.05, 0) is 48.7 Å². The standard InChI is InChI=1S/C19H19FN2OS/c20-15-4-1-13(2-5-15)12-22-9-10-24-18-8-3-14(11-17(18)22)19(23)21-16-6-7-16/h1-5,8,11,16H,6-7,9-10,12H2,(H,21,23). The van der Waals surface area contributed by atoms with E-state index in [1.807, 2.05) is 42.1 Å². The van der Waals surface area contributed by atoms with Crippen molar-refractivity contribution in [3.05, 3.63) is 59.4 Å². The minimum Gasteiger partial charge on any atom is -0.365 e. The molecule has 3 nitrogen and oxygen atoms in total. The van der Waals surface area contributed by atoms with Crippen molar-refractivity contribution >= 4 is 23.4 Å². The van der Waals surface area contributed by atoms with Crippen LogP contribution >= 0.6 is 11.8 Å². The van der Waals surface area contributed by atoms with Gasteiger partial charge < -0.3 is 10.2 Å². The van der Waals surface area contributed by atoms with Crippen LogP contribution in [0.25, 0.3) is 0 Å². The first kappa shape index (κ1) is 15.5. The molecular formula is C19H19FN2OS. The number of carbonyl (C=O) groups is 1. The zero-order valence-corrected chi connectivity index (χ0v) is 14.1. The maximum atomic E-state index is 13.1. The Kier molecular flexibility index (Phi) is 4.19. The van der Waals surface area contributed by atoms with E-state index in [0.29, 0.717) is 11.6 Å². The fraction of sp³-hybridized carbons (Fsp3) is 0.316. The lowest BCUT2D eigenvalue weighted by atomic mass is 10.1. The molecule has 2 aromatic carbocycles. The van der Waals surface area contributed by atoms with Crippen molar-refractivity contribution < 1.29 is 9.18 Å². The van der Waals surface area contributed by atoms with Gasteiger partial charge >= 0.3 is 0 Å². The third kappa shape index (κ3) is 3.41. The Morgan fingerprint density at radius 3 is 2.75 bits per heavy atom. The Labute approximate surface area is 145 Å². The minimum atomic E-state index is -0.215. The highest BCUT2D eigenvalue weighted by atomic mass is 32.2. The van der Waals surface area contributed by atoms with Crippen LogP contribution in [0.5, 0.6) is 0 Å². The van der Waals surface area contributed by atoms with Crippen molar-refractivity contribution in [3.8, 4) is 0 Å². The number of halogens is 1. The number of rotatable bonds is 4. The zero-order valence-electron chi connectivity index (χ0n) is 13.3. The summed E-state index contributed by atoms with van der Waals surface area (Å²) in [7, 11) is 0. The molecule has 24 heavy (non-hydrogen) atoms. The topological polar surface area (TPSA) is 32.3 Å². The molecule has 1 heterocycles. The molecule has 0 saturated heterocycles. The Morgan fingerprint density at radius 1 is 1.21 bits per heavy atom. The molecule has 1 aliphatic carbocycles. The summed E-state index contributed by atoms with van der Waals surface area (Å²) >= 11 is 1.82. The normalized spacial score (nSPS) is 16.6. The van der Waals surface area contributed by atoms with Gasteiger partial charge in [-0.1, -0.05) is 12.1 Å². The summed E-state index contributed by atoms with van der Waals surface area (Å²) in [4.78, 5) is 15.8. The number of carbonyl (C=O) groups excluding carboxylic acids is 1. The van der Waals surface area contributed by atoms with Crippen molar-refractivity contribution in [2.24, 2.45) is 0 Å². The van der Waals surface area contributed by atoms with E-state index < -0.39 is 0 Å². The average molecular weight is 342 g/mol. The van der Waals surface area contributed by atoms with Crippen LogP contribution in [-0.4, -0.2) is 24.2 Å². The third-order valence-electron chi connectivity index (χ3n) is 4.38. The van der Waals surface area contributed by atoms with E-state index in [1.165, 1.54) is 17.0 Å². The first-order chi connectivity index (χ1) is 11.7. The molecule has 1 fully saturated rings. The zero-order chi connectivity index (χ0) is 16.5. The lowest BCUT2D eigenvalue weighted by Crippen LogP contribution is -2.30. The molecule has 1 amide bonds. The SMILES string of the molecule is O=C(NC1CC1)c1ccc2c(c1)N(Cc1ccc(F)cc1)CCS2. The number of thioether (sulfide) groups is 1. The quantitative estimate of drug-likeness (QED) is 0.916. The monoisotopic (exact) mass is 342 g/mol. The average Bonchev–Trinajstić information content (AvgIpc) is 3.41. The van der Waals surface area contributed by atoms with E-state index in [4.69, 9.17) is 0 Å². The molecule has 4 rings (SSSR count). The van der Waals surface area contributed by atoms with Crippen LogP contribution in [0.3, 0.4) is 0 Å². The molecule has 0 aromatic heterocycles. The van der Waals surface area contributed by atoms with Crippen molar-refractivity contribution in [1.29, 1.82) is 0 Å². The van der Waals surface area contributed by atoms with Crippen LogP contribution in [0.15, 0.2) is 47.4 Å². The molecule has 1 saturated carbocycles. The Bertz CT molecular complexity index is 758. The van der Waals surface area contributed by atoms with Gasteiger partial charge in [0.15, 0.2) is 0 Å². The van der Waals surface area contributed by atoms with E-state index in [2.05, 4.69) is 10.2 Å². The lowest BCUT2D eigenvalue weighted by molar-refractivity contribution is 0.0951. The van der Waals surface area contributed by atoms with E-state index in [1.54, 1.807) is 0 Å². The van der Waals surface area contributed by atoms with Crippen molar-refractivity contribution in [3.63, 3.8) is 0 Å². The molecule has 2 aliphatic rings. The predicted molar refractivity (Wildman–Crippen MR) is 95.1 cm³/mol. The maximum absolute atomic E-state index is 13.1. The molecule has 0 bridgehead atoms. The van der Waals surface area contributed by atoms with Crippen LogP contribution in [-0.2, 0) is 6.54 Å². The summed E-state index contributed by atoms with van der Waals surface area (Å²) in [6.07, 6.45) is 2.17. The van der Waals surface area contributed by atoms with Gasteiger partial charge in [-0.25, -0.2) is 4.39 Å². The molecule has 1 N–H and O–H groups in total. The number of hydrogen-bond donors (Lipinski definition) is 1. The predicted octanol–water partition coefficient (Wildman–Crippen LogP) is 3.83. The second kappa shape index (κ2) is 6.48. The van der Waals surface area contributed by atoms with Crippen LogP contribution in [0.2, 0.25) is 0 Å². The summed E-state index contributed by atoms with van der Waals surface area (Å²) < 4.78 is 13.1. The maximum Gasteiger partial charge on any atom is 0.251 e. The van der Waals surface area contributed by atoms with Gasteiger partial charge in [-0.15, -0.1) is 11.8 Å².